The molecule has 0 fully saturated rings. The Hall–Kier alpha value is -2.35. The van der Waals surface area contributed by atoms with Gasteiger partial charge in [-0.25, -0.2) is 0 Å². The minimum atomic E-state index is -0.0265. The predicted molar refractivity (Wildman–Crippen MR) is 117 cm³/mol. The predicted octanol–water partition coefficient (Wildman–Crippen LogP) is 7.01. The van der Waals surface area contributed by atoms with Gasteiger partial charge in [0.2, 0.25) is 5.91 Å². The van der Waals surface area contributed by atoms with Crippen molar-refractivity contribution in [1.29, 1.82) is 0 Å². The van der Waals surface area contributed by atoms with Crippen LogP contribution >= 0.6 is 0 Å². The van der Waals surface area contributed by atoms with Gasteiger partial charge in [-0.1, -0.05) is 107 Å². The maximum Gasteiger partial charge on any atom is 0.250 e. The van der Waals surface area contributed by atoms with E-state index in [1.165, 1.54) is 51.0 Å². The van der Waals surface area contributed by atoms with Crippen LogP contribution < -0.4 is 4.90 Å². The van der Waals surface area contributed by atoms with E-state index < -0.39 is 0 Å². The number of amides is 1. The van der Waals surface area contributed by atoms with E-state index in [9.17, 15) is 4.79 Å². The van der Waals surface area contributed by atoms with E-state index in [4.69, 9.17) is 0 Å². The van der Waals surface area contributed by atoms with E-state index in [1.807, 2.05) is 41.3 Å². The normalized spacial score (nSPS) is 10.6. The third-order valence-corrected chi connectivity index (χ3v) is 4.96. The molecule has 0 radical (unpaired) electrons. The van der Waals surface area contributed by atoms with Crippen LogP contribution in [0.5, 0.6) is 0 Å². The Morgan fingerprint density at radius 2 is 1.44 bits per heavy atom. The number of unbranched alkanes of at least 4 members (excludes halogenated alkanes) is 7. The van der Waals surface area contributed by atoms with Gasteiger partial charge in [0.25, 0.3) is 0 Å². The number of hydrogen-bond donors (Lipinski definition) is 0. The van der Waals surface area contributed by atoms with E-state index in [0.717, 1.165) is 29.8 Å². The van der Waals surface area contributed by atoms with Crippen molar-refractivity contribution in [2.24, 2.45) is 0 Å². The lowest BCUT2D eigenvalue weighted by atomic mass is 10.0. The number of para-hydroxylation sites is 1. The van der Waals surface area contributed by atoms with Crippen molar-refractivity contribution in [1.82, 2.24) is 0 Å². The molecule has 0 bridgehead atoms. The molecule has 0 aliphatic rings. The summed E-state index contributed by atoms with van der Waals surface area (Å²) in [6.07, 6.45) is 11.5. The van der Waals surface area contributed by atoms with Gasteiger partial charge in [-0.3, -0.25) is 4.79 Å². The number of hydrogen-bond acceptors (Lipinski definition) is 1. The first kappa shape index (κ1) is 21.0. The minimum Gasteiger partial charge on any atom is -0.308 e. The van der Waals surface area contributed by atoms with Gasteiger partial charge < -0.3 is 4.90 Å². The molecule has 0 spiro atoms. The molecule has 0 aliphatic carbocycles. The number of nitrogens with zero attached hydrogens (tertiary/aromatic N) is 1. The molecule has 0 aromatic heterocycles. The maximum atomic E-state index is 12.5. The number of anilines is 1. The Morgan fingerprint density at radius 1 is 0.852 bits per heavy atom. The molecule has 2 aromatic rings. The fourth-order valence-electron chi connectivity index (χ4n) is 3.43. The summed E-state index contributed by atoms with van der Waals surface area (Å²) in [7, 11) is 0. The molecule has 144 valence electrons. The second-order valence-corrected chi connectivity index (χ2v) is 7.05. The third-order valence-electron chi connectivity index (χ3n) is 4.96. The fourth-order valence-corrected chi connectivity index (χ4v) is 3.43. The highest BCUT2D eigenvalue weighted by Crippen LogP contribution is 2.31. The van der Waals surface area contributed by atoms with Crippen molar-refractivity contribution < 1.29 is 4.79 Å². The first-order valence-corrected chi connectivity index (χ1v) is 10.4. The molecule has 0 saturated carbocycles. The van der Waals surface area contributed by atoms with Gasteiger partial charge in [-0.2, -0.15) is 0 Å². The molecular weight excluding hydrogens is 330 g/mol. The summed E-state index contributed by atoms with van der Waals surface area (Å²) in [6.45, 7) is 6.69. The third kappa shape index (κ3) is 6.71. The number of rotatable bonds is 12. The van der Waals surface area contributed by atoms with Crippen molar-refractivity contribution >= 4 is 11.6 Å². The Balaban J connectivity index is 2.01. The lowest BCUT2D eigenvalue weighted by Crippen LogP contribution is -2.30. The second-order valence-electron chi connectivity index (χ2n) is 7.05. The molecule has 1 amide bonds. The van der Waals surface area contributed by atoms with Gasteiger partial charge in [-0.05, 0) is 24.1 Å². The van der Waals surface area contributed by atoms with Crippen molar-refractivity contribution in [2.45, 2.75) is 58.3 Å². The lowest BCUT2D eigenvalue weighted by Gasteiger charge is -2.24. The summed E-state index contributed by atoms with van der Waals surface area (Å²) >= 11 is 0. The van der Waals surface area contributed by atoms with Crippen LogP contribution in [0.15, 0.2) is 67.3 Å². The average molecular weight is 364 g/mol. The molecule has 0 saturated heterocycles. The van der Waals surface area contributed by atoms with E-state index in [0.29, 0.717) is 0 Å². The number of carbonyl (C=O) groups is 1. The SMILES string of the molecule is C=CC(=O)N(CCCCCCCCCC)c1ccccc1-c1ccccc1. The molecule has 0 N–H and O–H groups in total. The van der Waals surface area contributed by atoms with Crippen molar-refractivity contribution in [2.75, 3.05) is 11.4 Å². The number of carbonyl (C=O) groups excluding carboxylic acids is 1. The first-order valence-electron chi connectivity index (χ1n) is 10.4. The zero-order chi connectivity index (χ0) is 19.3. The molecule has 2 rings (SSSR count). The molecule has 2 nitrogen and oxygen atoms in total. The fraction of sp³-hybridized carbons (Fsp3) is 0.400. The standard InChI is InChI=1S/C25H33NO/c1-3-5-6-7-8-9-10-16-21-26(25(27)4-2)24-20-15-14-19-23(24)22-17-12-11-13-18-22/h4,11-15,17-20H,2-3,5-10,16,21H2,1H3. The Kier molecular flexibility index (Phi) is 9.40. The van der Waals surface area contributed by atoms with Crippen LogP contribution in [0.2, 0.25) is 0 Å². The molecule has 2 aromatic carbocycles. The Bertz CT molecular complexity index is 692. The lowest BCUT2D eigenvalue weighted by molar-refractivity contribution is -0.114. The van der Waals surface area contributed by atoms with Crippen LogP contribution in [0.1, 0.15) is 58.3 Å². The van der Waals surface area contributed by atoms with Crippen LogP contribution in [0, 0.1) is 0 Å². The second kappa shape index (κ2) is 12.1. The van der Waals surface area contributed by atoms with Gasteiger partial charge in [0.1, 0.15) is 0 Å². The summed E-state index contributed by atoms with van der Waals surface area (Å²) in [5.74, 6) is -0.0265. The topological polar surface area (TPSA) is 20.3 Å². The molecule has 0 heterocycles. The largest absolute Gasteiger partial charge is 0.308 e. The maximum absolute atomic E-state index is 12.5. The monoisotopic (exact) mass is 363 g/mol. The van der Waals surface area contributed by atoms with Gasteiger partial charge in [0, 0.05) is 12.1 Å². The van der Waals surface area contributed by atoms with Gasteiger partial charge in [0.15, 0.2) is 0 Å². The summed E-state index contributed by atoms with van der Waals surface area (Å²) in [6, 6.07) is 18.4. The van der Waals surface area contributed by atoms with E-state index in [-0.39, 0.29) is 5.91 Å². The summed E-state index contributed by atoms with van der Waals surface area (Å²) in [5.41, 5.74) is 3.19. The molecule has 0 atom stereocenters. The van der Waals surface area contributed by atoms with E-state index >= 15 is 0 Å². The van der Waals surface area contributed by atoms with Gasteiger partial charge >= 0.3 is 0 Å². The van der Waals surface area contributed by atoms with Crippen LogP contribution in [-0.4, -0.2) is 12.5 Å². The average Bonchev–Trinajstić information content (AvgIpc) is 2.73. The van der Waals surface area contributed by atoms with Gasteiger partial charge in [-0.15, -0.1) is 0 Å². The van der Waals surface area contributed by atoms with Crippen LogP contribution in [0.4, 0.5) is 5.69 Å². The van der Waals surface area contributed by atoms with E-state index in [1.54, 1.807) is 0 Å². The highest BCUT2D eigenvalue weighted by atomic mass is 16.2. The van der Waals surface area contributed by atoms with Crippen molar-refractivity contribution in [3.05, 3.63) is 67.3 Å². The number of benzene rings is 2. The summed E-state index contributed by atoms with van der Waals surface area (Å²) in [5, 5.41) is 0. The molecule has 2 heteroatoms. The Morgan fingerprint density at radius 3 is 2.11 bits per heavy atom. The van der Waals surface area contributed by atoms with Crippen LogP contribution in [0.3, 0.4) is 0 Å². The zero-order valence-corrected chi connectivity index (χ0v) is 16.7. The summed E-state index contributed by atoms with van der Waals surface area (Å²) < 4.78 is 0. The zero-order valence-electron chi connectivity index (χ0n) is 16.7. The summed E-state index contributed by atoms with van der Waals surface area (Å²) in [4.78, 5) is 14.4. The van der Waals surface area contributed by atoms with Crippen molar-refractivity contribution in [3.8, 4) is 11.1 Å². The van der Waals surface area contributed by atoms with E-state index in [2.05, 4.69) is 31.7 Å². The van der Waals surface area contributed by atoms with Crippen LogP contribution in [0.25, 0.3) is 11.1 Å². The molecular formula is C25H33NO. The smallest absolute Gasteiger partial charge is 0.250 e. The first-order chi connectivity index (χ1) is 13.3. The highest BCUT2D eigenvalue weighted by molar-refractivity contribution is 6.03. The minimum absolute atomic E-state index is 0.0265. The molecule has 0 unspecified atom stereocenters. The van der Waals surface area contributed by atoms with Crippen LogP contribution in [-0.2, 0) is 4.79 Å². The Labute approximate surface area is 164 Å². The highest BCUT2D eigenvalue weighted by Gasteiger charge is 2.16. The van der Waals surface area contributed by atoms with Gasteiger partial charge in [0.05, 0.1) is 5.69 Å². The molecule has 27 heavy (non-hydrogen) atoms. The quantitative estimate of drug-likeness (QED) is 0.293. The van der Waals surface area contributed by atoms with Crippen molar-refractivity contribution in [3.63, 3.8) is 0 Å². The molecule has 0 aliphatic heterocycles.